The van der Waals surface area contributed by atoms with E-state index in [0.29, 0.717) is 0 Å². The summed E-state index contributed by atoms with van der Waals surface area (Å²) < 4.78 is 0. The third-order valence-electron chi connectivity index (χ3n) is 6.37. The maximum absolute atomic E-state index is 2.41. The molecule has 0 aliphatic carbocycles. The molecule has 0 unspecified atom stereocenters. The highest BCUT2D eigenvalue weighted by Gasteiger charge is 1.95. The Bertz CT molecular complexity index is 290. The van der Waals surface area contributed by atoms with Gasteiger partial charge in [0.1, 0.15) is 0 Å². The lowest BCUT2D eigenvalue weighted by Gasteiger charge is -2.04. The van der Waals surface area contributed by atoms with Gasteiger partial charge in [0.05, 0.1) is 0 Å². The summed E-state index contributed by atoms with van der Waals surface area (Å²) in [7, 11) is 0. The predicted molar refractivity (Wildman–Crippen MR) is 136 cm³/mol. The quantitative estimate of drug-likeness (QED) is 0.104. The average molecular weight is 407 g/mol. The van der Waals surface area contributed by atoms with Crippen LogP contribution >= 0.6 is 0 Å². The highest BCUT2D eigenvalue weighted by molar-refractivity contribution is 4.81. The number of allylic oxidation sites excluding steroid dienone is 2. The van der Waals surface area contributed by atoms with E-state index in [0.717, 1.165) is 0 Å². The second kappa shape index (κ2) is 27.7. The maximum atomic E-state index is 2.41. The van der Waals surface area contributed by atoms with Crippen molar-refractivity contribution in [2.24, 2.45) is 0 Å². The van der Waals surface area contributed by atoms with Crippen LogP contribution < -0.4 is 0 Å². The molecule has 0 aromatic heterocycles. The minimum absolute atomic E-state index is 1.29. The molecule has 0 bridgehead atoms. The van der Waals surface area contributed by atoms with Crippen molar-refractivity contribution in [2.45, 2.75) is 174 Å². The Kier molecular flexibility index (Phi) is 27.5. The average Bonchev–Trinajstić information content (AvgIpc) is 2.74. The molecule has 0 saturated carbocycles. The van der Waals surface area contributed by atoms with E-state index in [9.17, 15) is 0 Å². The first-order valence-electron chi connectivity index (χ1n) is 14.1. The van der Waals surface area contributed by atoms with E-state index >= 15 is 0 Å². The zero-order chi connectivity index (χ0) is 21.1. The second-order valence-corrected chi connectivity index (χ2v) is 9.47. The van der Waals surface area contributed by atoms with Crippen LogP contribution in [-0.2, 0) is 0 Å². The summed E-state index contributed by atoms with van der Waals surface area (Å²) in [4.78, 5) is 0. The fourth-order valence-corrected chi connectivity index (χ4v) is 4.25. The Hall–Kier alpha value is -0.260. The van der Waals surface area contributed by atoms with Crippen LogP contribution in [0.15, 0.2) is 12.2 Å². The van der Waals surface area contributed by atoms with E-state index in [1.165, 1.54) is 161 Å². The molecule has 0 heterocycles. The molecule has 0 rings (SSSR count). The maximum Gasteiger partial charge on any atom is -0.0351 e. The topological polar surface area (TPSA) is 0 Å². The first-order valence-corrected chi connectivity index (χ1v) is 14.1. The summed E-state index contributed by atoms with van der Waals surface area (Å²) in [6.45, 7) is 4.57. The largest absolute Gasteiger partial charge is 0.0885 e. The molecule has 174 valence electrons. The smallest absolute Gasteiger partial charge is 0.0351 e. The number of rotatable bonds is 25. The molecule has 0 radical (unpaired) electrons. The predicted octanol–water partition coefficient (Wildman–Crippen LogP) is 11.3. The molecule has 0 aliphatic heterocycles. The van der Waals surface area contributed by atoms with E-state index in [1.54, 1.807) is 0 Å². The fraction of sp³-hybridized carbons (Fsp3) is 0.931. The summed E-state index contributed by atoms with van der Waals surface area (Å²) in [5, 5.41) is 0. The fourth-order valence-electron chi connectivity index (χ4n) is 4.25. The van der Waals surface area contributed by atoms with Gasteiger partial charge in [0, 0.05) is 0 Å². The van der Waals surface area contributed by atoms with Crippen molar-refractivity contribution in [1.82, 2.24) is 0 Å². The molecule has 29 heavy (non-hydrogen) atoms. The van der Waals surface area contributed by atoms with Gasteiger partial charge in [0.2, 0.25) is 0 Å². The molecule has 0 amide bonds. The Morgan fingerprint density at radius 3 is 0.828 bits per heavy atom. The standard InChI is InChI=1S/C29H58/c1-3-5-7-9-11-13-15-17-19-21-23-25-27-29-28-26-24-22-20-18-16-14-12-10-8-6-4-2/h9,11H,3-8,10,12-29H2,1-2H3. The molecule has 0 atom stereocenters. The third-order valence-corrected chi connectivity index (χ3v) is 6.37. The van der Waals surface area contributed by atoms with E-state index < -0.39 is 0 Å². The first-order chi connectivity index (χ1) is 14.4. The highest BCUT2D eigenvalue weighted by atomic mass is 14.0. The van der Waals surface area contributed by atoms with E-state index in [4.69, 9.17) is 0 Å². The lowest BCUT2D eigenvalue weighted by atomic mass is 10.0. The molecule has 0 aromatic carbocycles. The molecule has 0 saturated heterocycles. The zero-order valence-corrected chi connectivity index (χ0v) is 20.8. The van der Waals surface area contributed by atoms with Crippen LogP contribution in [0.25, 0.3) is 0 Å². The van der Waals surface area contributed by atoms with Gasteiger partial charge in [-0.3, -0.25) is 0 Å². The van der Waals surface area contributed by atoms with Crippen molar-refractivity contribution in [3.63, 3.8) is 0 Å². The third kappa shape index (κ3) is 27.7. The minimum atomic E-state index is 1.29. The zero-order valence-electron chi connectivity index (χ0n) is 20.8. The number of unbranched alkanes of at least 4 members (excludes halogenated alkanes) is 23. The van der Waals surface area contributed by atoms with E-state index in [2.05, 4.69) is 26.0 Å². The second-order valence-electron chi connectivity index (χ2n) is 9.47. The molecular weight excluding hydrogens is 348 g/mol. The lowest BCUT2D eigenvalue weighted by molar-refractivity contribution is 0.520. The van der Waals surface area contributed by atoms with Gasteiger partial charge in [-0.1, -0.05) is 167 Å². The molecule has 0 nitrogen and oxygen atoms in total. The lowest BCUT2D eigenvalue weighted by Crippen LogP contribution is -1.84. The Morgan fingerprint density at radius 1 is 0.276 bits per heavy atom. The molecule has 0 spiro atoms. The van der Waals surface area contributed by atoms with Gasteiger partial charge >= 0.3 is 0 Å². The Balaban J connectivity index is 3.01. The summed E-state index contributed by atoms with van der Waals surface area (Å²) in [5.41, 5.74) is 0. The SMILES string of the molecule is CCCCC=CCCCCCCCCCCCCCCCCCCCCCCC. The van der Waals surface area contributed by atoms with Gasteiger partial charge in [-0.15, -0.1) is 0 Å². The van der Waals surface area contributed by atoms with Gasteiger partial charge in [-0.05, 0) is 19.3 Å². The summed E-state index contributed by atoms with van der Waals surface area (Å²) in [5.74, 6) is 0. The van der Waals surface area contributed by atoms with Gasteiger partial charge < -0.3 is 0 Å². The van der Waals surface area contributed by atoms with Gasteiger partial charge in [-0.2, -0.15) is 0 Å². The van der Waals surface area contributed by atoms with Crippen LogP contribution in [-0.4, -0.2) is 0 Å². The van der Waals surface area contributed by atoms with Crippen molar-refractivity contribution in [3.8, 4) is 0 Å². The van der Waals surface area contributed by atoms with Crippen LogP contribution in [0.4, 0.5) is 0 Å². The van der Waals surface area contributed by atoms with Crippen LogP contribution in [0.2, 0.25) is 0 Å². The normalized spacial score (nSPS) is 11.7. The molecule has 0 N–H and O–H groups in total. The van der Waals surface area contributed by atoms with Crippen LogP contribution in [0, 0.1) is 0 Å². The number of hydrogen-bond donors (Lipinski definition) is 0. The summed E-state index contributed by atoms with van der Waals surface area (Å²) in [6, 6.07) is 0. The molecule has 0 aliphatic rings. The number of hydrogen-bond acceptors (Lipinski definition) is 0. The van der Waals surface area contributed by atoms with E-state index in [-0.39, 0.29) is 0 Å². The molecule has 0 aromatic rings. The minimum Gasteiger partial charge on any atom is -0.0885 e. The van der Waals surface area contributed by atoms with Crippen LogP contribution in [0.3, 0.4) is 0 Å². The van der Waals surface area contributed by atoms with Crippen LogP contribution in [0.1, 0.15) is 174 Å². The summed E-state index contributed by atoms with van der Waals surface area (Å²) >= 11 is 0. The van der Waals surface area contributed by atoms with E-state index in [1.807, 2.05) is 0 Å². The Labute approximate surface area is 186 Å². The summed E-state index contributed by atoms with van der Waals surface area (Å²) in [6.07, 6.45) is 40.9. The van der Waals surface area contributed by atoms with Gasteiger partial charge in [-0.25, -0.2) is 0 Å². The molecule has 0 heteroatoms. The van der Waals surface area contributed by atoms with Gasteiger partial charge in [0.25, 0.3) is 0 Å². The van der Waals surface area contributed by atoms with Crippen molar-refractivity contribution >= 4 is 0 Å². The van der Waals surface area contributed by atoms with Gasteiger partial charge in [0.15, 0.2) is 0 Å². The molecular formula is C29H58. The van der Waals surface area contributed by atoms with Crippen molar-refractivity contribution in [1.29, 1.82) is 0 Å². The monoisotopic (exact) mass is 406 g/mol. The van der Waals surface area contributed by atoms with Crippen molar-refractivity contribution < 1.29 is 0 Å². The van der Waals surface area contributed by atoms with Crippen molar-refractivity contribution in [2.75, 3.05) is 0 Å². The van der Waals surface area contributed by atoms with Crippen LogP contribution in [0.5, 0.6) is 0 Å². The first kappa shape index (κ1) is 28.7. The molecule has 0 fully saturated rings. The Morgan fingerprint density at radius 2 is 0.517 bits per heavy atom. The highest BCUT2D eigenvalue weighted by Crippen LogP contribution is 2.15. The van der Waals surface area contributed by atoms with Crippen molar-refractivity contribution in [3.05, 3.63) is 12.2 Å².